The fourth-order valence-electron chi connectivity index (χ4n) is 1.66. The SMILES string of the molecule is N#CCCN(Cc1cccnc1)c1nccc(N)n1. The summed E-state index contributed by atoms with van der Waals surface area (Å²) >= 11 is 0. The van der Waals surface area contributed by atoms with Crippen LogP contribution in [-0.4, -0.2) is 21.5 Å². The summed E-state index contributed by atoms with van der Waals surface area (Å²) in [5.74, 6) is 0.942. The molecule has 0 aromatic carbocycles. The van der Waals surface area contributed by atoms with E-state index in [0.717, 1.165) is 5.56 Å². The van der Waals surface area contributed by atoms with Crippen molar-refractivity contribution in [2.24, 2.45) is 0 Å². The van der Waals surface area contributed by atoms with E-state index in [9.17, 15) is 0 Å². The highest BCUT2D eigenvalue weighted by Gasteiger charge is 2.10. The van der Waals surface area contributed by atoms with E-state index < -0.39 is 0 Å². The highest BCUT2D eigenvalue weighted by Crippen LogP contribution is 2.13. The average Bonchev–Trinajstić information content (AvgIpc) is 2.44. The van der Waals surface area contributed by atoms with Gasteiger partial charge in [0.15, 0.2) is 0 Å². The summed E-state index contributed by atoms with van der Waals surface area (Å²) in [5.41, 5.74) is 6.70. The molecular formula is C13H14N6. The summed E-state index contributed by atoms with van der Waals surface area (Å²) in [7, 11) is 0. The van der Waals surface area contributed by atoms with Crippen LogP contribution in [0.4, 0.5) is 11.8 Å². The summed E-state index contributed by atoms with van der Waals surface area (Å²) < 4.78 is 0. The molecule has 0 aliphatic carbocycles. The Hall–Kier alpha value is -2.68. The Bertz CT molecular complexity index is 563. The molecule has 2 N–H and O–H groups in total. The second-order valence-electron chi connectivity index (χ2n) is 3.97. The molecule has 0 amide bonds. The molecule has 2 rings (SSSR count). The molecular weight excluding hydrogens is 240 g/mol. The van der Waals surface area contributed by atoms with E-state index in [2.05, 4.69) is 21.0 Å². The molecule has 0 spiro atoms. The van der Waals surface area contributed by atoms with E-state index >= 15 is 0 Å². The lowest BCUT2D eigenvalue weighted by atomic mass is 10.2. The summed E-state index contributed by atoms with van der Waals surface area (Å²) in [4.78, 5) is 14.4. The summed E-state index contributed by atoms with van der Waals surface area (Å²) in [6, 6.07) is 7.60. The molecule has 6 heteroatoms. The number of nitriles is 1. The van der Waals surface area contributed by atoms with Gasteiger partial charge in [-0.05, 0) is 17.7 Å². The van der Waals surface area contributed by atoms with Gasteiger partial charge in [0, 0.05) is 31.7 Å². The third kappa shape index (κ3) is 3.64. The van der Waals surface area contributed by atoms with Crippen LogP contribution in [0.5, 0.6) is 0 Å². The van der Waals surface area contributed by atoms with Crippen LogP contribution < -0.4 is 10.6 Å². The van der Waals surface area contributed by atoms with Crippen molar-refractivity contribution in [1.29, 1.82) is 5.26 Å². The molecule has 2 heterocycles. The Balaban J connectivity index is 2.19. The molecule has 96 valence electrons. The van der Waals surface area contributed by atoms with E-state index in [-0.39, 0.29) is 0 Å². The first-order valence-corrected chi connectivity index (χ1v) is 5.89. The van der Waals surface area contributed by atoms with Crippen molar-refractivity contribution in [2.75, 3.05) is 17.2 Å². The van der Waals surface area contributed by atoms with Crippen molar-refractivity contribution < 1.29 is 0 Å². The number of anilines is 2. The molecule has 0 saturated carbocycles. The lowest BCUT2D eigenvalue weighted by Gasteiger charge is -2.21. The maximum Gasteiger partial charge on any atom is 0.227 e. The molecule has 0 unspecified atom stereocenters. The number of hydrogen-bond acceptors (Lipinski definition) is 6. The van der Waals surface area contributed by atoms with Gasteiger partial charge in [-0.25, -0.2) is 4.98 Å². The number of nitrogen functional groups attached to an aromatic ring is 1. The van der Waals surface area contributed by atoms with Crippen molar-refractivity contribution in [3.05, 3.63) is 42.4 Å². The molecule has 0 aliphatic heterocycles. The fraction of sp³-hybridized carbons (Fsp3) is 0.231. The third-order valence-corrected chi connectivity index (χ3v) is 2.54. The smallest absolute Gasteiger partial charge is 0.227 e. The standard InChI is InChI=1S/C13H14N6/c14-5-2-8-19(10-11-3-1-6-16-9-11)13-17-7-4-12(15)18-13/h1,3-4,6-7,9H,2,8,10H2,(H2,15,17,18). The second-order valence-corrected chi connectivity index (χ2v) is 3.97. The number of pyridine rings is 1. The minimum Gasteiger partial charge on any atom is -0.384 e. The molecule has 0 aliphatic rings. The Morgan fingerprint density at radius 1 is 1.32 bits per heavy atom. The van der Waals surface area contributed by atoms with Gasteiger partial charge in [0.2, 0.25) is 5.95 Å². The molecule has 6 nitrogen and oxygen atoms in total. The number of nitrogens with two attached hydrogens (primary N) is 1. The van der Waals surface area contributed by atoms with Crippen LogP contribution in [0.25, 0.3) is 0 Å². The topological polar surface area (TPSA) is 91.7 Å². The van der Waals surface area contributed by atoms with E-state index in [1.54, 1.807) is 24.7 Å². The second kappa shape index (κ2) is 6.31. The highest BCUT2D eigenvalue weighted by molar-refractivity contribution is 5.38. The van der Waals surface area contributed by atoms with Crippen molar-refractivity contribution >= 4 is 11.8 Å². The van der Waals surface area contributed by atoms with Gasteiger partial charge < -0.3 is 10.6 Å². The van der Waals surface area contributed by atoms with Crippen LogP contribution in [0.2, 0.25) is 0 Å². The maximum absolute atomic E-state index is 8.73. The van der Waals surface area contributed by atoms with Gasteiger partial charge in [0.25, 0.3) is 0 Å². The van der Waals surface area contributed by atoms with Crippen LogP contribution >= 0.6 is 0 Å². The quantitative estimate of drug-likeness (QED) is 0.866. The van der Waals surface area contributed by atoms with Gasteiger partial charge >= 0.3 is 0 Å². The zero-order valence-electron chi connectivity index (χ0n) is 10.4. The summed E-state index contributed by atoms with van der Waals surface area (Å²) in [6.07, 6.45) is 5.52. The van der Waals surface area contributed by atoms with E-state index in [0.29, 0.717) is 31.3 Å². The molecule has 0 atom stereocenters. The first-order valence-electron chi connectivity index (χ1n) is 5.89. The monoisotopic (exact) mass is 254 g/mol. The van der Waals surface area contributed by atoms with Crippen molar-refractivity contribution in [1.82, 2.24) is 15.0 Å². The Morgan fingerprint density at radius 3 is 2.89 bits per heavy atom. The van der Waals surface area contributed by atoms with E-state index in [1.165, 1.54) is 0 Å². The van der Waals surface area contributed by atoms with Crippen molar-refractivity contribution in [3.8, 4) is 6.07 Å². The van der Waals surface area contributed by atoms with Crippen LogP contribution in [-0.2, 0) is 6.54 Å². The lowest BCUT2D eigenvalue weighted by Crippen LogP contribution is -2.26. The van der Waals surface area contributed by atoms with Crippen molar-refractivity contribution in [3.63, 3.8) is 0 Å². The van der Waals surface area contributed by atoms with Gasteiger partial charge in [-0.15, -0.1) is 0 Å². The third-order valence-electron chi connectivity index (χ3n) is 2.54. The summed E-state index contributed by atoms with van der Waals surface area (Å²) in [6.45, 7) is 1.15. The van der Waals surface area contributed by atoms with Gasteiger partial charge in [0.1, 0.15) is 5.82 Å². The fourth-order valence-corrected chi connectivity index (χ4v) is 1.66. The number of hydrogen-bond donors (Lipinski definition) is 1. The average molecular weight is 254 g/mol. The van der Waals surface area contributed by atoms with Crippen molar-refractivity contribution in [2.45, 2.75) is 13.0 Å². The molecule has 2 aromatic rings. The normalized spacial score (nSPS) is 9.84. The number of aromatic nitrogens is 3. The zero-order chi connectivity index (χ0) is 13.5. The predicted molar refractivity (Wildman–Crippen MR) is 72.0 cm³/mol. The molecule has 2 aromatic heterocycles. The first-order chi connectivity index (χ1) is 9.29. The van der Waals surface area contributed by atoms with Crippen LogP contribution in [0.3, 0.4) is 0 Å². The molecule has 0 saturated heterocycles. The first kappa shape index (κ1) is 12.8. The molecule has 0 bridgehead atoms. The van der Waals surface area contributed by atoms with Crippen LogP contribution in [0.15, 0.2) is 36.8 Å². The molecule has 19 heavy (non-hydrogen) atoms. The van der Waals surface area contributed by atoms with E-state index in [1.807, 2.05) is 17.0 Å². The van der Waals surface area contributed by atoms with Gasteiger partial charge in [-0.2, -0.15) is 10.2 Å². The maximum atomic E-state index is 8.73. The largest absolute Gasteiger partial charge is 0.384 e. The highest BCUT2D eigenvalue weighted by atomic mass is 15.3. The van der Waals surface area contributed by atoms with Gasteiger partial charge in [-0.1, -0.05) is 6.07 Å². The predicted octanol–water partition coefficient (Wildman–Crippen LogP) is 1.37. The Labute approximate surface area is 111 Å². The summed E-state index contributed by atoms with van der Waals surface area (Å²) in [5, 5.41) is 8.73. The molecule has 0 fully saturated rings. The van der Waals surface area contributed by atoms with Crippen LogP contribution in [0, 0.1) is 11.3 Å². The Morgan fingerprint density at radius 2 is 2.21 bits per heavy atom. The number of rotatable bonds is 5. The zero-order valence-corrected chi connectivity index (χ0v) is 10.4. The van der Waals surface area contributed by atoms with E-state index in [4.69, 9.17) is 11.0 Å². The minimum absolute atomic E-state index is 0.401. The minimum atomic E-state index is 0.401. The van der Waals surface area contributed by atoms with Crippen LogP contribution in [0.1, 0.15) is 12.0 Å². The van der Waals surface area contributed by atoms with Gasteiger partial charge in [0.05, 0.1) is 12.5 Å². The Kier molecular flexibility index (Phi) is 4.24. The number of nitrogens with zero attached hydrogens (tertiary/aromatic N) is 5. The molecule has 0 radical (unpaired) electrons. The lowest BCUT2D eigenvalue weighted by molar-refractivity contribution is 0.763. The van der Waals surface area contributed by atoms with Gasteiger partial charge in [-0.3, -0.25) is 4.98 Å².